The number of ketones is 1. The summed E-state index contributed by atoms with van der Waals surface area (Å²) < 4.78 is 3.32. The van der Waals surface area contributed by atoms with E-state index in [0.717, 1.165) is 39.4 Å². The van der Waals surface area contributed by atoms with Crippen molar-refractivity contribution in [1.29, 1.82) is 0 Å². The van der Waals surface area contributed by atoms with Crippen molar-refractivity contribution in [2.24, 2.45) is 5.73 Å². The number of nitrogens with zero attached hydrogens (tertiary/aromatic N) is 1. The number of para-hydroxylation sites is 1. The number of thiazole rings is 1. The number of nitrogen functional groups attached to an aromatic ring is 1. The quantitative estimate of drug-likeness (QED) is 0.395. The van der Waals surface area contributed by atoms with Gasteiger partial charge >= 0.3 is 0 Å². The summed E-state index contributed by atoms with van der Waals surface area (Å²) in [6.45, 7) is 4.73. The van der Waals surface area contributed by atoms with Gasteiger partial charge in [-0.1, -0.05) is 36.5 Å². The number of anilines is 1. The van der Waals surface area contributed by atoms with E-state index >= 15 is 0 Å². The molecule has 0 aliphatic carbocycles. The molecule has 4 N–H and O–H groups in total. The fraction of sp³-hybridized carbons (Fsp3) is 0.238. The summed E-state index contributed by atoms with van der Waals surface area (Å²) in [5.41, 5.74) is 15.1. The first-order valence-corrected chi connectivity index (χ1v) is 9.61. The highest BCUT2D eigenvalue weighted by molar-refractivity contribution is 7.19. The fourth-order valence-corrected chi connectivity index (χ4v) is 4.07. The first-order chi connectivity index (χ1) is 12.5. The SMILES string of the molecule is CCC[n+]1c(C=Cc2ccc(N)cc2)sc2cccc(C(=O)[C@H](C)N)c21. The average molecular weight is 367 g/mol. The molecule has 4 nitrogen and oxygen atoms in total. The van der Waals surface area contributed by atoms with Gasteiger partial charge in [0.15, 0.2) is 5.78 Å². The molecule has 0 fully saturated rings. The van der Waals surface area contributed by atoms with Gasteiger partial charge in [0.1, 0.15) is 11.2 Å². The van der Waals surface area contributed by atoms with Gasteiger partial charge in [-0.15, -0.1) is 0 Å². The van der Waals surface area contributed by atoms with Crippen LogP contribution in [0.4, 0.5) is 5.69 Å². The van der Waals surface area contributed by atoms with E-state index in [1.54, 1.807) is 18.3 Å². The fourth-order valence-electron chi connectivity index (χ4n) is 2.95. The lowest BCUT2D eigenvalue weighted by Gasteiger charge is -2.04. The Morgan fingerprint density at radius 1 is 1.19 bits per heavy atom. The second-order valence-electron chi connectivity index (χ2n) is 6.40. The van der Waals surface area contributed by atoms with E-state index in [-0.39, 0.29) is 5.78 Å². The van der Waals surface area contributed by atoms with Crippen molar-refractivity contribution in [2.75, 3.05) is 5.73 Å². The molecule has 1 aromatic heterocycles. The van der Waals surface area contributed by atoms with Crippen LogP contribution in [-0.2, 0) is 6.54 Å². The van der Waals surface area contributed by atoms with Gasteiger partial charge in [-0.25, -0.2) is 0 Å². The van der Waals surface area contributed by atoms with E-state index in [0.29, 0.717) is 5.56 Å². The van der Waals surface area contributed by atoms with Crippen LogP contribution in [0.15, 0.2) is 42.5 Å². The maximum atomic E-state index is 12.6. The molecule has 0 aliphatic rings. The van der Waals surface area contributed by atoms with Crippen LogP contribution in [0.3, 0.4) is 0 Å². The van der Waals surface area contributed by atoms with Crippen LogP contribution in [0.1, 0.15) is 41.2 Å². The molecule has 26 heavy (non-hydrogen) atoms. The van der Waals surface area contributed by atoms with E-state index in [1.165, 1.54) is 0 Å². The first kappa shape index (κ1) is 18.3. The maximum absolute atomic E-state index is 12.6. The molecule has 0 unspecified atom stereocenters. The lowest BCUT2D eigenvalue weighted by Crippen LogP contribution is -2.37. The molecule has 2 aromatic carbocycles. The number of nitrogens with two attached hydrogens (primary N) is 2. The Bertz CT molecular complexity index is 955. The van der Waals surface area contributed by atoms with Gasteiger partial charge in [-0.2, -0.15) is 4.57 Å². The van der Waals surface area contributed by atoms with Gasteiger partial charge in [-0.3, -0.25) is 4.79 Å². The summed E-state index contributed by atoms with van der Waals surface area (Å²) in [6.07, 6.45) is 5.16. The van der Waals surface area contributed by atoms with Crippen LogP contribution in [-0.4, -0.2) is 11.8 Å². The number of benzene rings is 2. The number of Topliss-reactive ketones (excluding diaryl/α,β-unsaturated/α-hetero) is 1. The monoisotopic (exact) mass is 366 g/mol. The van der Waals surface area contributed by atoms with Crippen LogP contribution in [0.25, 0.3) is 22.4 Å². The molecule has 0 aliphatic heterocycles. The van der Waals surface area contributed by atoms with Crippen LogP contribution < -0.4 is 16.0 Å². The number of carbonyl (C=O) groups excluding carboxylic acids is 1. The Labute approximate surface area is 157 Å². The molecule has 3 rings (SSSR count). The Morgan fingerprint density at radius 2 is 1.92 bits per heavy atom. The lowest BCUT2D eigenvalue weighted by atomic mass is 10.0. The Morgan fingerprint density at radius 3 is 2.58 bits per heavy atom. The lowest BCUT2D eigenvalue weighted by molar-refractivity contribution is -0.668. The Balaban J connectivity index is 2.10. The average Bonchev–Trinajstić information content (AvgIpc) is 2.98. The van der Waals surface area contributed by atoms with Crippen LogP contribution in [0, 0.1) is 0 Å². The molecule has 0 radical (unpaired) electrons. The molecule has 3 aromatic rings. The third-order valence-corrected chi connectivity index (χ3v) is 5.35. The van der Waals surface area contributed by atoms with Crippen molar-refractivity contribution in [1.82, 2.24) is 0 Å². The summed E-state index contributed by atoms with van der Waals surface area (Å²) in [5.74, 6) is -0.0210. The molecule has 0 saturated carbocycles. The predicted octanol–water partition coefficient (Wildman–Crippen LogP) is 3.88. The van der Waals surface area contributed by atoms with Crippen molar-refractivity contribution in [2.45, 2.75) is 32.9 Å². The zero-order chi connectivity index (χ0) is 18.7. The number of carbonyl (C=O) groups is 1. The molecule has 0 saturated heterocycles. The summed E-state index contributed by atoms with van der Waals surface area (Å²) >= 11 is 1.69. The van der Waals surface area contributed by atoms with Crippen molar-refractivity contribution in [3.05, 3.63) is 58.6 Å². The molecular formula is C21H24N3OS+. The molecular weight excluding hydrogens is 342 g/mol. The molecule has 0 spiro atoms. The highest BCUT2D eigenvalue weighted by atomic mass is 32.1. The summed E-state index contributed by atoms with van der Waals surface area (Å²) in [6, 6.07) is 13.1. The van der Waals surface area contributed by atoms with Crippen molar-refractivity contribution < 1.29 is 9.36 Å². The highest BCUT2D eigenvalue weighted by Gasteiger charge is 2.25. The van der Waals surface area contributed by atoms with Crippen LogP contribution >= 0.6 is 11.3 Å². The molecule has 5 heteroatoms. The number of aryl methyl sites for hydroxylation is 1. The van der Waals surface area contributed by atoms with Crippen LogP contribution in [0.2, 0.25) is 0 Å². The van der Waals surface area contributed by atoms with E-state index in [2.05, 4.69) is 29.7 Å². The third kappa shape index (κ3) is 3.69. The van der Waals surface area contributed by atoms with E-state index in [1.807, 2.05) is 36.4 Å². The van der Waals surface area contributed by atoms with Gasteiger partial charge in [0.25, 0.3) is 5.01 Å². The zero-order valence-corrected chi connectivity index (χ0v) is 15.9. The minimum absolute atomic E-state index is 0.0210. The summed E-state index contributed by atoms with van der Waals surface area (Å²) in [7, 11) is 0. The van der Waals surface area contributed by atoms with Gasteiger partial charge in [-0.05, 0) is 42.8 Å². The molecule has 0 bridgehead atoms. The second kappa shape index (κ2) is 7.81. The van der Waals surface area contributed by atoms with Gasteiger partial charge in [0.2, 0.25) is 5.52 Å². The topological polar surface area (TPSA) is 73.0 Å². The highest BCUT2D eigenvalue weighted by Crippen LogP contribution is 2.26. The van der Waals surface area contributed by atoms with E-state index < -0.39 is 6.04 Å². The third-order valence-electron chi connectivity index (χ3n) is 4.23. The van der Waals surface area contributed by atoms with E-state index in [4.69, 9.17) is 11.5 Å². The standard InChI is InChI=1S/C21H23N3OS/c1-3-13-24-19(12-9-15-7-10-16(23)11-8-15)26-18-6-4-5-17(20(18)24)21(25)14(2)22/h4-12,14,23H,3,13,22H2,1-2H3/p+1/t14-/m0/s1. The van der Waals surface area contributed by atoms with Gasteiger partial charge in [0, 0.05) is 18.2 Å². The number of aromatic nitrogens is 1. The van der Waals surface area contributed by atoms with Gasteiger partial charge in [0.05, 0.1) is 11.6 Å². The van der Waals surface area contributed by atoms with Crippen molar-refractivity contribution in [3.8, 4) is 0 Å². The largest absolute Gasteiger partial charge is 0.399 e. The molecule has 134 valence electrons. The second-order valence-corrected chi connectivity index (χ2v) is 7.46. The Hall–Kier alpha value is -2.50. The van der Waals surface area contributed by atoms with Crippen LogP contribution in [0.5, 0.6) is 0 Å². The number of rotatable bonds is 6. The van der Waals surface area contributed by atoms with Crippen molar-refractivity contribution >= 4 is 45.2 Å². The molecule has 1 heterocycles. The minimum Gasteiger partial charge on any atom is -0.399 e. The smallest absolute Gasteiger partial charge is 0.262 e. The summed E-state index contributed by atoms with van der Waals surface area (Å²) in [5, 5.41) is 1.11. The minimum atomic E-state index is -0.510. The zero-order valence-electron chi connectivity index (χ0n) is 15.1. The Kier molecular flexibility index (Phi) is 5.49. The summed E-state index contributed by atoms with van der Waals surface area (Å²) in [4.78, 5) is 12.6. The maximum Gasteiger partial charge on any atom is 0.262 e. The number of hydrogen-bond acceptors (Lipinski definition) is 4. The van der Waals surface area contributed by atoms with Crippen molar-refractivity contribution in [3.63, 3.8) is 0 Å². The number of fused-ring (bicyclic) bond motifs is 1. The normalized spacial score (nSPS) is 12.7. The predicted molar refractivity (Wildman–Crippen MR) is 110 cm³/mol. The van der Waals surface area contributed by atoms with Gasteiger partial charge < -0.3 is 11.5 Å². The first-order valence-electron chi connectivity index (χ1n) is 8.80. The van der Waals surface area contributed by atoms with E-state index in [9.17, 15) is 4.79 Å². The number of hydrogen-bond donors (Lipinski definition) is 2. The molecule has 0 amide bonds. The molecule has 1 atom stereocenters.